The van der Waals surface area contributed by atoms with Crippen molar-refractivity contribution in [3.05, 3.63) is 24.0 Å². The van der Waals surface area contributed by atoms with E-state index in [-0.39, 0.29) is 49.6 Å². The van der Waals surface area contributed by atoms with Crippen LogP contribution in [0.2, 0.25) is 0 Å². The molecule has 0 aromatic heterocycles. The van der Waals surface area contributed by atoms with E-state index >= 15 is 0 Å². The van der Waals surface area contributed by atoms with Gasteiger partial charge in [-0.1, -0.05) is 0 Å². The first-order valence-corrected chi connectivity index (χ1v) is 9.80. The molecule has 29 heavy (non-hydrogen) atoms. The summed E-state index contributed by atoms with van der Waals surface area (Å²) < 4.78 is 20.3. The normalized spacial score (nSPS) is 22.4. The van der Waals surface area contributed by atoms with Crippen molar-refractivity contribution in [2.45, 2.75) is 38.9 Å². The van der Waals surface area contributed by atoms with Crippen molar-refractivity contribution in [3.8, 4) is 0 Å². The molecule has 0 saturated carbocycles. The van der Waals surface area contributed by atoms with Gasteiger partial charge in [0, 0.05) is 38.8 Å². The molecule has 2 atom stereocenters. The molecular weight excluding hydrogens is 379 g/mol. The summed E-state index contributed by atoms with van der Waals surface area (Å²) in [7, 11) is 1.56. The van der Waals surface area contributed by atoms with Crippen molar-refractivity contribution in [2.24, 2.45) is 0 Å². The minimum atomic E-state index is -0.402. The van der Waals surface area contributed by atoms with Gasteiger partial charge in [-0.2, -0.15) is 0 Å². The van der Waals surface area contributed by atoms with E-state index in [4.69, 9.17) is 4.74 Å². The number of amides is 4. The smallest absolute Gasteiger partial charge is 0.326 e. The van der Waals surface area contributed by atoms with Crippen LogP contribution in [0.15, 0.2) is 18.2 Å². The molecule has 2 aliphatic rings. The Bertz CT molecular complexity index is 793. The predicted octanol–water partition coefficient (Wildman–Crippen LogP) is 2.05. The molecule has 2 unspecified atom stereocenters. The zero-order valence-electron chi connectivity index (χ0n) is 17.0. The monoisotopic (exact) mass is 406 g/mol. The van der Waals surface area contributed by atoms with Gasteiger partial charge in [-0.05, 0) is 38.5 Å². The third kappa shape index (κ3) is 5.03. The molecule has 3 rings (SSSR count). The lowest BCUT2D eigenvalue weighted by atomic mass is 10.1. The Hall–Kier alpha value is -2.68. The summed E-state index contributed by atoms with van der Waals surface area (Å²) in [4.78, 5) is 40.1. The number of anilines is 2. The highest BCUT2D eigenvalue weighted by atomic mass is 19.1. The highest BCUT2D eigenvalue weighted by molar-refractivity contribution is 6.01. The second-order valence-corrected chi connectivity index (χ2v) is 7.66. The average Bonchev–Trinajstić information content (AvgIpc) is 2.87. The Morgan fingerprint density at radius 3 is 2.52 bits per heavy atom. The molecule has 0 bridgehead atoms. The fourth-order valence-corrected chi connectivity index (χ4v) is 3.73. The molecule has 8 nitrogen and oxygen atoms in total. The number of hydrogen-bond acceptors (Lipinski definition) is 5. The average molecular weight is 406 g/mol. The molecule has 1 aromatic carbocycles. The molecule has 2 heterocycles. The van der Waals surface area contributed by atoms with Gasteiger partial charge in [0.25, 0.3) is 0 Å². The van der Waals surface area contributed by atoms with Crippen molar-refractivity contribution >= 4 is 29.2 Å². The largest absolute Gasteiger partial charge is 0.372 e. The number of urea groups is 1. The predicted molar refractivity (Wildman–Crippen MR) is 106 cm³/mol. The first kappa shape index (κ1) is 21.0. The zero-order chi connectivity index (χ0) is 21.1. The summed E-state index contributed by atoms with van der Waals surface area (Å²) in [5, 5.41) is 2.67. The summed E-state index contributed by atoms with van der Waals surface area (Å²) in [5.74, 6) is -0.957. The fraction of sp³-hybridized carbons (Fsp3) is 0.550. The van der Waals surface area contributed by atoms with Crippen LogP contribution in [0.4, 0.5) is 20.6 Å². The Morgan fingerprint density at radius 2 is 1.93 bits per heavy atom. The second-order valence-electron chi connectivity index (χ2n) is 7.66. The van der Waals surface area contributed by atoms with E-state index in [9.17, 15) is 18.8 Å². The van der Waals surface area contributed by atoms with Crippen LogP contribution in [0.5, 0.6) is 0 Å². The topological polar surface area (TPSA) is 82.2 Å². The van der Waals surface area contributed by atoms with Gasteiger partial charge < -0.3 is 19.9 Å². The number of benzene rings is 1. The molecule has 2 saturated heterocycles. The number of likely N-dealkylation sites (N-methyl/N-ethyl adjacent to an activating group) is 1. The number of ether oxygens (including phenoxy) is 1. The molecule has 0 radical (unpaired) electrons. The van der Waals surface area contributed by atoms with Crippen molar-refractivity contribution in [1.29, 1.82) is 0 Å². The number of carbonyl (C=O) groups excluding carboxylic acids is 3. The van der Waals surface area contributed by atoms with Gasteiger partial charge in [-0.15, -0.1) is 0 Å². The third-order valence-electron chi connectivity index (χ3n) is 5.01. The van der Waals surface area contributed by atoms with Crippen LogP contribution in [0.25, 0.3) is 0 Å². The number of halogens is 1. The molecule has 2 fully saturated rings. The number of nitrogens with zero attached hydrogens (tertiary/aromatic N) is 3. The molecule has 2 aliphatic heterocycles. The maximum atomic E-state index is 14.6. The Labute approximate surface area is 169 Å². The summed E-state index contributed by atoms with van der Waals surface area (Å²) in [6, 6.07) is 4.29. The van der Waals surface area contributed by atoms with Crippen LogP contribution in [-0.2, 0) is 14.3 Å². The van der Waals surface area contributed by atoms with Gasteiger partial charge >= 0.3 is 6.03 Å². The van der Waals surface area contributed by atoms with Crippen molar-refractivity contribution in [1.82, 2.24) is 9.80 Å². The third-order valence-corrected chi connectivity index (χ3v) is 5.01. The summed E-state index contributed by atoms with van der Waals surface area (Å²) in [5.41, 5.74) is 0.860. The van der Waals surface area contributed by atoms with Gasteiger partial charge in [0.2, 0.25) is 11.8 Å². The SMILES string of the molecule is CC1CN(c2ccc(NC(=O)CCCN3C(=O)CN(C)C3=O)cc2F)CC(C)O1. The van der Waals surface area contributed by atoms with Crippen molar-refractivity contribution < 1.29 is 23.5 Å². The number of rotatable bonds is 6. The first-order valence-electron chi connectivity index (χ1n) is 9.80. The minimum Gasteiger partial charge on any atom is -0.372 e. The molecule has 1 aromatic rings. The summed E-state index contributed by atoms with van der Waals surface area (Å²) in [6.45, 7) is 5.38. The van der Waals surface area contributed by atoms with Crippen LogP contribution in [-0.4, -0.2) is 73.1 Å². The van der Waals surface area contributed by atoms with Crippen LogP contribution in [0.1, 0.15) is 26.7 Å². The quantitative estimate of drug-likeness (QED) is 0.732. The lowest BCUT2D eigenvalue weighted by molar-refractivity contribution is -0.125. The fourth-order valence-electron chi connectivity index (χ4n) is 3.73. The van der Waals surface area contributed by atoms with E-state index < -0.39 is 5.82 Å². The van der Waals surface area contributed by atoms with E-state index in [1.807, 2.05) is 18.7 Å². The van der Waals surface area contributed by atoms with Crippen molar-refractivity contribution in [2.75, 3.05) is 43.4 Å². The van der Waals surface area contributed by atoms with Crippen LogP contribution >= 0.6 is 0 Å². The second kappa shape index (κ2) is 8.77. The van der Waals surface area contributed by atoms with E-state index in [2.05, 4.69) is 5.32 Å². The molecule has 158 valence electrons. The Kier molecular flexibility index (Phi) is 6.36. The maximum absolute atomic E-state index is 14.6. The molecule has 0 aliphatic carbocycles. The van der Waals surface area contributed by atoms with Gasteiger partial charge in [0.1, 0.15) is 12.4 Å². The van der Waals surface area contributed by atoms with E-state index in [1.165, 1.54) is 11.0 Å². The number of morpholine rings is 1. The number of imide groups is 1. The van der Waals surface area contributed by atoms with Crippen LogP contribution in [0.3, 0.4) is 0 Å². The van der Waals surface area contributed by atoms with Gasteiger partial charge in [-0.3, -0.25) is 14.5 Å². The number of carbonyl (C=O) groups is 3. The summed E-state index contributed by atoms with van der Waals surface area (Å²) in [6.07, 6.45) is 0.516. The maximum Gasteiger partial charge on any atom is 0.326 e. The lowest BCUT2D eigenvalue weighted by Crippen LogP contribution is -2.45. The molecule has 9 heteroatoms. The molecule has 1 N–H and O–H groups in total. The van der Waals surface area contributed by atoms with Crippen molar-refractivity contribution in [3.63, 3.8) is 0 Å². The first-order chi connectivity index (χ1) is 13.7. The van der Waals surface area contributed by atoms with Gasteiger partial charge in [0.05, 0.1) is 17.9 Å². The Morgan fingerprint density at radius 1 is 1.24 bits per heavy atom. The van der Waals surface area contributed by atoms with Gasteiger partial charge in [-0.25, -0.2) is 9.18 Å². The van der Waals surface area contributed by atoms with Gasteiger partial charge in [0.15, 0.2) is 0 Å². The van der Waals surface area contributed by atoms with E-state index in [0.29, 0.717) is 30.9 Å². The standard InChI is InChI=1S/C20H27FN4O4/c1-13-10-24(11-14(2)29-13)17-7-6-15(9-16(17)21)22-18(26)5-4-8-25-19(27)12-23(3)20(25)28/h6-7,9,13-14H,4-5,8,10-12H2,1-3H3,(H,22,26). The lowest BCUT2D eigenvalue weighted by Gasteiger charge is -2.37. The molecule has 0 spiro atoms. The number of nitrogens with one attached hydrogen (secondary N) is 1. The highest BCUT2D eigenvalue weighted by Gasteiger charge is 2.32. The molecular formula is C20H27FN4O4. The van der Waals surface area contributed by atoms with Crippen LogP contribution < -0.4 is 10.2 Å². The summed E-state index contributed by atoms with van der Waals surface area (Å²) >= 11 is 0. The van der Waals surface area contributed by atoms with E-state index in [0.717, 1.165) is 4.90 Å². The number of hydrogen-bond donors (Lipinski definition) is 1. The van der Waals surface area contributed by atoms with Crippen LogP contribution in [0, 0.1) is 5.82 Å². The zero-order valence-corrected chi connectivity index (χ0v) is 17.0. The van der Waals surface area contributed by atoms with E-state index in [1.54, 1.807) is 19.2 Å². The molecule has 4 amide bonds. The Balaban J connectivity index is 1.51. The highest BCUT2D eigenvalue weighted by Crippen LogP contribution is 2.26. The minimum absolute atomic E-state index is 0.0201.